The number of carbonyl (C=O) groups is 1. The molecule has 1 unspecified atom stereocenters. The van der Waals surface area contributed by atoms with Gasteiger partial charge in [0.15, 0.2) is 5.70 Å². The summed E-state index contributed by atoms with van der Waals surface area (Å²) in [6, 6.07) is 15.7. The fourth-order valence-electron chi connectivity index (χ4n) is 4.32. The van der Waals surface area contributed by atoms with Crippen LogP contribution in [0.5, 0.6) is 0 Å². The van der Waals surface area contributed by atoms with Crippen molar-refractivity contribution < 1.29 is 14.5 Å². The Kier molecular flexibility index (Phi) is 5.96. The Morgan fingerprint density at radius 1 is 1.03 bits per heavy atom. The summed E-state index contributed by atoms with van der Waals surface area (Å²) in [5, 5.41) is 29.3. The van der Waals surface area contributed by atoms with E-state index >= 15 is 0 Å². The van der Waals surface area contributed by atoms with Crippen LogP contribution in [0.1, 0.15) is 38.7 Å². The average Bonchev–Trinajstić information content (AvgIpc) is 3.44. The number of nitrogens with zero attached hydrogens (tertiary/aromatic N) is 5. The topological polar surface area (TPSA) is 104 Å². The Hall–Kier alpha value is -3.65. The van der Waals surface area contributed by atoms with E-state index in [0.29, 0.717) is 28.1 Å². The van der Waals surface area contributed by atoms with Crippen molar-refractivity contribution in [2.75, 3.05) is 13.6 Å². The minimum atomic E-state index is -0.925. The number of tetrazole rings is 1. The van der Waals surface area contributed by atoms with E-state index in [2.05, 4.69) is 27.5 Å². The van der Waals surface area contributed by atoms with Crippen LogP contribution in [0.3, 0.4) is 0 Å². The number of benzene rings is 2. The van der Waals surface area contributed by atoms with E-state index in [0.717, 1.165) is 47.3 Å². The van der Waals surface area contributed by atoms with Crippen molar-refractivity contribution in [1.29, 1.82) is 0 Å². The molecule has 32 heavy (non-hydrogen) atoms. The van der Waals surface area contributed by atoms with E-state index in [1.807, 2.05) is 62.5 Å². The van der Waals surface area contributed by atoms with Gasteiger partial charge in [-0.25, -0.2) is 4.79 Å². The number of rotatable bonds is 8. The van der Waals surface area contributed by atoms with Gasteiger partial charge in [-0.3, -0.25) is 0 Å². The van der Waals surface area contributed by atoms with E-state index in [1.54, 1.807) is 0 Å². The van der Waals surface area contributed by atoms with Crippen LogP contribution in [0.25, 0.3) is 22.5 Å². The number of hydrogen-bond acceptors (Lipinski definition) is 5. The first-order valence-electron chi connectivity index (χ1n) is 10.8. The highest BCUT2D eigenvalue weighted by Gasteiger charge is 2.42. The number of aromatic nitrogens is 4. The third-order valence-corrected chi connectivity index (χ3v) is 5.91. The summed E-state index contributed by atoms with van der Waals surface area (Å²) in [5.74, 6) is -0.400. The van der Waals surface area contributed by atoms with Gasteiger partial charge in [0.1, 0.15) is 17.8 Å². The standard InChI is InChI=1S/C24H26N6O2/c1-4-6-15-30(3)20(5-2)21(24(31)32)22(27-30)17-13-11-16(12-14-17)18-9-7-8-10-19(18)23-25-28-29-26-23/h7-14H,4-6,15H2,1-3H3,(H-,25,26,27,28,29,31,32)/p+1. The Labute approximate surface area is 186 Å². The average molecular weight is 432 g/mol. The third kappa shape index (κ3) is 3.85. The predicted molar refractivity (Wildman–Crippen MR) is 122 cm³/mol. The third-order valence-electron chi connectivity index (χ3n) is 5.91. The largest absolute Gasteiger partial charge is 0.477 e. The summed E-state index contributed by atoms with van der Waals surface area (Å²) in [5.41, 5.74) is 5.35. The van der Waals surface area contributed by atoms with Gasteiger partial charge in [-0.1, -0.05) is 73.9 Å². The molecule has 1 aromatic heterocycles. The number of hydrogen-bond donors (Lipinski definition) is 2. The quantitative estimate of drug-likeness (QED) is 0.519. The molecule has 164 valence electrons. The monoisotopic (exact) mass is 431 g/mol. The summed E-state index contributed by atoms with van der Waals surface area (Å²) in [4.78, 5) is 12.2. The van der Waals surface area contributed by atoms with Crippen LogP contribution >= 0.6 is 0 Å². The van der Waals surface area contributed by atoms with Crippen LogP contribution in [0.15, 0.2) is 64.9 Å². The molecule has 3 aromatic rings. The molecule has 2 heterocycles. The molecule has 0 amide bonds. The highest BCUT2D eigenvalue weighted by Crippen LogP contribution is 2.35. The second-order valence-electron chi connectivity index (χ2n) is 8.00. The maximum atomic E-state index is 12.2. The summed E-state index contributed by atoms with van der Waals surface area (Å²) in [6.07, 6.45) is 2.66. The molecule has 0 bridgehead atoms. The van der Waals surface area contributed by atoms with E-state index in [-0.39, 0.29) is 0 Å². The van der Waals surface area contributed by atoms with Gasteiger partial charge in [0.2, 0.25) is 5.82 Å². The maximum Gasteiger partial charge on any atom is 0.343 e. The molecule has 2 aromatic carbocycles. The van der Waals surface area contributed by atoms with Crippen molar-refractivity contribution in [2.45, 2.75) is 33.1 Å². The summed E-state index contributed by atoms with van der Waals surface area (Å²) >= 11 is 0. The second-order valence-corrected chi connectivity index (χ2v) is 8.00. The molecule has 0 aliphatic carbocycles. The summed E-state index contributed by atoms with van der Waals surface area (Å²) < 4.78 is 0.309. The van der Waals surface area contributed by atoms with Crippen LogP contribution in [0, 0.1) is 0 Å². The molecule has 1 aliphatic rings. The lowest BCUT2D eigenvalue weighted by atomic mass is 9.95. The number of H-pyrrole nitrogens is 1. The fraction of sp³-hybridized carbons (Fsp3) is 0.292. The Balaban J connectivity index is 1.74. The van der Waals surface area contributed by atoms with Crippen molar-refractivity contribution in [3.05, 3.63) is 65.4 Å². The Morgan fingerprint density at radius 3 is 2.31 bits per heavy atom. The van der Waals surface area contributed by atoms with Crippen molar-refractivity contribution in [2.24, 2.45) is 5.10 Å². The zero-order chi connectivity index (χ0) is 22.7. The van der Waals surface area contributed by atoms with Crippen LogP contribution in [-0.2, 0) is 4.79 Å². The van der Waals surface area contributed by atoms with Crippen molar-refractivity contribution in [3.8, 4) is 22.5 Å². The highest BCUT2D eigenvalue weighted by molar-refractivity contribution is 6.27. The highest BCUT2D eigenvalue weighted by atomic mass is 16.4. The smallest absolute Gasteiger partial charge is 0.343 e. The first-order chi connectivity index (χ1) is 15.5. The van der Waals surface area contributed by atoms with E-state index in [4.69, 9.17) is 5.10 Å². The minimum Gasteiger partial charge on any atom is -0.477 e. The molecule has 0 saturated carbocycles. The minimum absolute atomic E-state index is 0.309. The zero-order valence-corrected chi connectivity index (χ0v) is 18.5. The Bertz CT molecular complexity index is 1180. The molecule has 0 spiro atoms. The van der Waals surface area contributed by atoms with Crippen LogP contribution in [0.4, 0.5) is 0 Å². The number of quaternary nitrogens is 1. The van der Waals surface area contributed by atoms with Gasteiger partial charge in [0, 0.05) is 17.5 Å². The lowest BCUT2D eigenvalue weighted by Gasteiger charge is -2.25. The van der Waals surface area contributed by atoms with Gasteiger partial charge in [-0.15, -0.1) is 10.2 Å². The van der Waals surface area contributed by atoms with Crippen LogP contribution < -0.4 is 0 Å². The fourth-order valence-corrected chi connectivity index (χ4v) is 4.32. The van der Waals surface area contributed by atoms with E-state index in [1.165, 1.54) is 0 Å². The van der Waals surface area contributed by atoms with E-state index in [9.17, 15) is 9.90 Å². The Morgan fingerprint density at radius 2 is 1.72 bits per heavy atom. The second kappa shape index (κ2) is 8.84. The molecule has 0 radical (unpaired) electrons. The first kappa shape index (κ1) is 21.6. The van der Waals surface area contributed by atoms with Crippen LogP contribution in [-0.4, -0.2) is 55.6 Å². The molecule has 0 fully saturated rings. The van der Waals surface area contributed by atoms with Gasteiger partial charge in [-0.2, -0.15) is 9.81 Å². The predicted octanol–water partition coefficient (Wildman–Crippen LogP) is 4.25. The number of unbranched alkanes of at least 4 members (excludes halogenated alkanes) is 1. The molecule has 0 saturated heterocycles. The number of carboxylic acid groups (broad SMARTS) is 1. The molecular weight excluding hydrogens is 404 g/mol. The molecule has 8 heteroatoms. The van der Waals surface area contributed by atoms with Gasteiger partial charge in [0.05, 0.1) is 7.05 Å². The number of aliphatic carboxylic acids is 1. The summed E-state index contributed by atoms with van der Waals surface area (Å²) in [7, 11) is 2.00. The van der Waals surface area contributed by atoms with Gasteiger partial charge < -0.3 is 5.11 Å². The molecular formula is C24H27N6O2+. The van der Waals surface area contributed by atoms with Crippen molar-refractivity contribution in [1.82, 2.24) is 20.6 Å². The molecule has 4 rings (SSSR count). The molecule has 2 N–H and O–H groups in total. The number of allylic oxidation sites excluding steroid dienone is 1. The molecule has 1 atom stereocenters. The SMILES string of the molecule is CCCC[N+]1(C)N=C(c2ccc(-c3ccccc3-c3nn[nH]n3)cc2)C(C(=O)O)=C1CC. The van der Waals surface area contributed by atoms with Gasteiger partial charge in [0.25, 0.3) is 0 Å². The number of aromatic amines is 1. The van der Waals surface area contributed by atoms with Gasteiger partial charge >= 0.3 is 5.97 Å². The maximum absolute atomic E-state index is 12.2. The molecule has 8 nitrogen and oxygen atoms in total. The van der Waals surface area contributed by atoms with Crippen molar-refractivity contribution >= 4 is 11.7 Å². The lowest BCUT2D eigenvalue weighted by Crippen LogP contribution is -2.36. The number of nitrogens with one attached hydrogen (secondary N) is 1. The zero-order valence-electron chi connectivity index (χ0n) is 18.5. The molecule has 1 aliphatic heterocycles. The van der Waals surface area contributed by atoms with Crippen molar-refractivity contribution in [3.63, 3.8) is 0 Å². The van der Waals surface area contributed by atoms with Crippen LogP contribution in [0.2, 0.25) is 0 Å². The normalized spacial score (nSPS) is 18.2. The lowest BCUT2D eigenvalue weighted by molar-refractivity contribution is -0.878. The summed E-state index contributed by atoms with van der Waals surface area (Å²) in [6.45, 7) is 4.92. The first-order valence-corrected chi connectivity index (χ1v) is 10.8. The van der Waals surface area contributed by atoms with Gasteiger partial charge in [-0.05, 0) is 22.8 Å². The van der Waals surface area contributed by atoms with E-state index < -0.39 is 5.97 Å². The number of carboxylic acids is 1.